The minimum Gasteiger partial charge on any atom is -0.368 e. The lowest BCUT2D eigenvalue weighted by atomic mass is 9.94. The number of primary amides is 1. The highest BCUT2D eigenvalue weighted by molar-refractivity contribution is 5.84. The van der Waals surface area contributed by atoms with E-state index in [1.54, 1.807) is 11.0 Å². The quantitative estimate of drug-likeness (QED) is 0.716. The first-order valence-electron chi connectivity index (χ1n) is 5.84. The van der Waals surface area contributed by atoms with Gasteiger partial charge in [-0.15, -0.1) is 0 Å². The van der Waals surface area contributed by atoms with Gasteiger partial charge in [0.05, 0.1) is 5.54 Å². The van der Waals surface area contributed by atoms with Crippen molar-refractivity contribution >= 4 is 5.91 Å². The van der Waals surface area contributed by atoms with Crippen molar-refractivity contribution in [3.05, 3.63) is 12.7 Å². The highest BCUT2D eigenvalue weighted by atomic mass is 16.1. The Labute approximate surface area is 102 Å². The summed E-state index contributed by atoms with van der Waals surface area (Å²) >= 11 is 0. The van der Waals surface area contributed by atoms with Crippen LogP contribution < -0.4 is 11.1 Å². The third kappa shape index (κ3) is 4.14. The lowest BCUT2D eigenvalue weighted by molar-refractivity contribution is -0.124. The van der Waals surface area contributed by atoms with Gasteiger partial charge in [0, 0.05) is 12.6 Å². The van der Waals surface area contributed by atoms with Crippen molar-refractivity contribution in [2.24, 2.45) is 5.73 Å². The van der Waals surface area contributed by atoms with Gasteiger partial charge in [-0.3, -0.25) is 9.48 Å². The van der Waals surface area contributed by atoms with Crippen molar-refractivity contribution in [2.45, 2.75) is 51.7 Å². The Balaban J connectivity index is 2.47. The largest absolute Gasteiger partial charge is 0.368 e. The maximum Gasteiger partial charge on any atom is 0.237 e. The smallest absolute Gasteiger partial charge is 0.237 e. The van der Waals surface area contributed by atoms with Crippen LogP contribution in [-0.2, 0) is 11.3 Å². The molecule has 0 aliphatic carbocycles. The number of aromatic nitrogens is 3. The third-order valence-electron chi connectivity index (χ3n) is 2.68. The van der Waals surface area contributed by atoms with Crippen molar-refractivity contribution in [3.8, 4) is 0 Å². The third-order valence-corrected chi connectivity index (χ3v) is 2.68. The molecule has 1 atom stereocenters. The van der Waals surface area contributed by atoms with Crippen LogP contribution in [0.1, 0.15) is 33.6 Å². The molecule has 0 aliphatic rings. The van der Waals surface area contributed by atoms with Crippen molar-refractivity contribution in [1.29, 1.82) is 0 Å². The molecule has 3 N–H and O–H groups in total. The molecule has 0 spiro atoms. The van der Waals surface area contributed by atoms with Crippen LogP contribution in [0.4, 0.5) is 0 Å². The molecule has 1 aromatic rings. The number of hydrogen-bond acceptors (Lipinski definition) is 4. The molecule has 1 aromatic heterocycles. The fraction of sp³-hybridized carbons (Fsp3) is 0.727. The number of nitrogens with zero attached hydrogens (tertiary/aromatic N) is 3. The number of nitrogens with one attached hydrogen (secondary N) is 1. The fourth-order valence-corrected chi connectivity index (χ4v) is 1.85. The van der Waals surface area contributed by atoms with Gasteiger partial charge in [0.15, 0.2) is 0 Å². The monoisotopic (exact) mass is 239 g/mol. The zero-order valence-corrected chi connectivity index (χ0v) is 10.7. The summed E-state index contributed by atoms with van der Waals surface area (Å²) in [5.74, 6) is -0.315. The van der Waals surface area contributed by atoms with Gasteiger partial charge in [-0.1, -0.05) is 0 Å². The molecule has 6 heteroatoms. The molecule has 1 unspecified atom stereocenters. The second kappa shape index (κ2) is 5.77. The number of rotatable bonds is 7. The van der Waals surface area contributed by atoms with Gasteiger partial charge in [0.25, 0.3) is 0 Å². The maximum absolute atomic E-state index is 11.5. The molecule has 0 aliphatic heterocycles. The Morgan fingerprint density at radius 3 is 2.76 bits per heavy atom. The molecular weight excluding hydrogens is 218 g/mol. The zero-order chi connectivity index (χ0) is 12.9. The predicted octanol–water partition coefficient (Wildman–Crippen LogP) is 0.300. The summed E-state index contributed by atoms with van der Waals surface area (Å²) < 4.78 is 1.75. The normalized spacial score (nSPS) is 14.8. The van der Waals surface area contributed by atoms with Crippen molar-refractivity contribution in [1.82, 2.24) is 20.1 Å². The highest BCUT2D eigenvalue weighted by Gasteiger charge is 2.30. The first-order chi connectivity index (χ1) is 7.94. The second-order valence-electron chi connectivity index (χ2n) is 4.76. The van der Waals surface area contributed by atoms with Crippen LogP contribution in [0.3, 0.4) is 0 Å². The Morgan fingerprint density at radius 2 is 2.29 bits per heavy atom. The lowest BCUT2D eigenvalue weighted by Gasteiger charge is -2.29. The first-order valence-corrected chi connectivity index (χ1v) is 5.84. The van der Waals surface area contributed by atoms with E-state index in [0.717, 1.165) is 13.0 Å². The number of amides is 1. The Bertz CT molecular complexity index is 349. The van der Waals surface area contributed by atoms with E-state index in [0.29, 0.717) is 6.42 Å². The van der Waals surface area contributed by atoms with E-state index in [-0.39, 0.29) is 11.9 Å². The van der Waals surface area contributed by atoms with Gasteiger partial charge in [-0.2, -0.15) is 5.10 Å². The summed E-state index contributed by atoms with van der Waals surface area (Å²) in [6, 6.07) is 0.221. The van der Waals surface area contributed by atoms with E-state index in [1.807, 2.05) is 20.8 Å². The molecule has 96 valence electrons. The second-order valence-corrected chi connectivity index (χ2v) is 4.76. The molecule has 1 rings (SSSR count). The van der Waals surface area contributed by atoms with Gasteiger partial charge in [0.1, 0.15) is 12.7 Å². The van der Waals surface area contributed by atoms with E-state index in [1.165, 1.54) is 6.33 Å². The van der Waals surface area contributed by atoms with Crippen LogP contribution in [0.25, 0.3) is 0 Å². The van der Waals surface area contributed by atoms with Crippen LogP contribution in [0.5, 0.6) is 0 Å². The number of nitrogens with two attached hydrogens (primary N) is 1. The molecule has 0 fully saturated rings. The van der Waals surface area contributed by atoms with E-state index in [4.69, 9.17) is 5.73 Å². The lowest BCUT2D eigenvalue weighted by Crippen LogP contribution is -2.55. The van der Waals surface area contributed by atoms with Crippen molar-refractivity contribution in [3.63, 3.8) is 0 Å². The number of carbonyl (C=O) groups is 1. The van der Waals surface area contributed by atoms with Crippen LogP contribution in [0.15, 0.2) is 12.7 Å². The van der Waals surface area contributed by atoms with E-state index >= 15 is 0 Å². The predicted molar refractivity (Wildman–Crippen MR) is 65.1 cm³/mol. The molecular formula is C11H21N5O. The average molecular weight is 239 g/mol. The summed E-state index contributed by atoms with van der Waals surface area (Å²) in [5, 5.41) is 7.23. The van der Waals surface area contributed by atoms with Gasteiger partial charge in [0.2, 0.25) is 5.91 Å². The molecule has 1 heterocycles. The molecule has 0 aromatic carbocycles. The average Bonchev–Trinajstić information content (AvgIpc) is 2.69. The highest BCUT2D eigenvalue weighted by Crippen LogP contribution is 2.13. The molecule has 0 bridgehead atoms. The molecule has 0 saturated heterocycles. The summed E-state index contributed by atoms with van der Waals surface area (Å²) in [6.07, 6.45) is 4.67. The minimum absolute atomic E-state index is 0.221. The van der Waals surface area contributed by atoms with Crippen molar-refractivity contribution in [2.75, 3.05) is 0 Å². The van der Waals surface area contributed by atoms with E-state index in [9.17, 15) is 4.79 Å². The SMILES string of the molecule is CC(C)NC(C)(CCCn1cncn1)C(N)=O. The van der Waals surface area contributed by atoms with E-state index < -0.39 is 5.54 Å². The summed E-state index contributed by atoms with van der Waals surface area (Å²) in [6.45, 7) is 6.58. The van der Waals surface area contributed by atoms with Crippen LogP contribution in [0.2, 0.25) is 0 Å². The standard InChI is InChI=1S/C11H21N5O/c1-9(2)15-11(3,10(12)17)5-4-6-16-8-13-7-14-16/h7-9,15H,4-6H2,1-3H3,(H2,12,17). The summed E-state index contributed by atoms with van der Waals surface area (Å²) in [4.78, 5) is 15.3. The molecule has 1 amide bonds. The van der Waals surface area contributed by atoms with E-state index in [2.05, 4.69) is 15.4 Å². The molecule has 0 saturated carbocycles. The summed E-state index contributed by atoms with van der Waals surface area (Å²) in [5.41, 5.74) is 4.78. The summed E-state index contributed by atoms with van der Waals surface area (Å²) in [7, 11) is 0. The topological polar surface area (TPSA) is 85.8 Å². The Hall–Kier alpha value is -1.43. The number of aryl methyl sites for hydroxylation is 1. The first kappa shape index (κ1) is 13.6. The fourth-order valence-electron chi connectivity index (χ4n) is 1.85. The van der Waals surface area contributed by atoms with Gasteiger partial charge in [-0.05, 0) is 33.6 Å². The Kier molecular flexibility index (Phi) is 4.62. The molecule has 17 heavy (non-hydrogen) atoms. The maximum atomic E-state index is 11.5. The number of hydrogen-bond donors (Lipinski definition) is 2. The number of carbonyl (C=O) groups excluding carboxylic acids is 1. The van der Waals surface area contributed by atoms with Crippen LogP contribution in [-0.4, -0.2) is 32.3 Å². The van der Waals surface area contributed by atoms with Crippen LogP contribution >= 0.6 is 0 Å². The van der Waals surface area contributed by atoms with Gasteiger partial charge >= 0.3 is 0 Å². The zero-order valence-electron chi connectivity index (χ0n) is 10.7. The molecule has 0 radical (unpaired) electrons. The molecule has 6 nitrogen and oxygen atoms in total. The van der Waals surface area contributed by atoms with Crippen LogP contribution in [0, 0.1) is 0 Å². The van der Waals surface area contributed by atoms with Gasteiger partial charge < -0.3 is 11.1 Å². The van der Waals surface area contributed by atoms with Gasteiger partial charge in [-0.25, -0.2) is 4.98 Å². The van der Waals surface area contributed by atoms with Crippen molar-refractivity contribution < 1.29 is 4.79 Å². The minimum atomic E-state index is -0.658. The Morgan fingerprint density at radius 1 is 1.59 bits per heavy atom.